The molecule has 0 aromatic heterocycles. The summed E-state index contributed by atoms with van der Waals surface area (Å²) in [6, 6.07) is 2.45. The maximum absolute atomic E-state index is 13.4. The van der Waals surface area contributed by atoms with E-state index in [9.17, 15) is 23.2 Å². The number of rotatable bonds is 2. The van der Waals surface area contributed by atoms with Gasteiger partial charge in [-0.1, -0.05) is 0 Å². The number of amides is 3. The maximum Gasteiger partial charge on any atom is 0.316 e. The molecule has 0 atom stereocenters. The van der Waals surface area contributed by atoms with Crippen LogP contribution in [0.1, 0.15) is 12.8 Å². The van der Waals surface area contributed by atoms with Crippen molar-refractivity contribution in [2.45, 2.75) is 12.8 Å². The zero-order valence-electron chi connectivity index (χ0n) is 11.6. The molecule has 0 bridgehead atoms. The number of anilines is 1. The number of piperidine rings is 1. The van der Waals surface area contributed by atoms with Crippen LogP contribution in [0, 0.1) is 17.6 Å². The van der Waals surface area contributed by atoms with Crippen LogP contribution in [0.25, 0.3) is 0 Å². The molecule has 2 rings (SSSR count). The molecule has 3 N–H and O–H groups in total. The van der Waals surface area contributed by atoms with Gasteiger partial charge in [0, 0.05) is 12.0 Å². The van der Waals surface area contributed by atoms with E-state index in [2.05, 4.69) is 5.32 Å². The molecule has 118 valence electrons. The summed E-state index contributed by atoms with van der Waals surface area (Å²) in [5.74, 6) is -4.96. The van der Waals surface area contributed by atoms with E-state index in [4.69, 9.17) is 0 Å². The first-order valence-electron chi connectivity index (χ1n) is 6.79. The first-order chi connectivity index (χ1) is 10.5. The van der Waals surface area contributed by atoms with E-state index in [-0.39, 0.29) is 5.92 Å². The van der Waals surface area contributed by atoms with Gasteiger partial charge < -0.3 is 10.6 Å². The van der Waals surface area contributed by atoms with Gasteiger partial charge in [0.25, 0.3) is 0 Å². The highest BCUT2D eigenvalue weighted by atomic mass is 19.1. The average molecular weight is 311 g/mol. The third kappa shape index (κ3) is 4.08. The summed E-state index contributed by atoms with van der Waals surface area (Å²) >= 11 is 0. The van der Waals surface area contributed by atoms with E-state index in [1.807, 2.05) is 10.6 Å². The molecule has 1 aromatic rings. The van der Waals surface area contributed by atoms with Gasteiger partial charge in [0.15, 0.2) is 0 Å². The van der Waals surface area contributed by atoms with Crippen molar-refractivity contribution in [1.29, 1.82) is 0 Å². The van der Waals surface area contributed by atoms with E-state index in [0.717, 1.165) is 18.2 Å². The Bertz CT molecular complexity index is 601. The van der Waals surface area contributed by atoms with Gasteiger partial charge in [-0.2, -0.15) is 0 Å². The third-order valence-corrected chi connectivity index (χ3v) is 3.33. The van der Waals surface area contributed by atoms with Crippen LogP contribution in [-0.2, 0) is 14.4 Å². The monoisotopic (exact) mass is 311 g/mol. The molecular weight excluding hydrogens is 296 g/mol. The van der Waals surface area contributed by atoms with Crippen LogP contribution in [-0.4, -0.2) is 30.8 Å². The van der Waals surface area contributed by atoms with Gasteiger partial charge in [0.2, 0.25) is 5.91 Å². The molecule has 6 nitrogen and oxygen atoms in total. The highest BCUT2D eigenvalue weighted by Crippen LogP contribution is 2.15. The smallest absolute Gasteiger partial charge is 0.316 e. The van der Waals surface area contributed by atoms with Crippen LogP contribution in [0.4, 0.5) is 14.5 Å². The van der Waals surface area contributed by atoms with Gasteiger partial charge in [-0.15, -0.1) is 0 Å². The Morgan fingerprint density at radius 2 is 1.77 bits per heavy atom. The van der Waals surface area contributed by atoms with Crippen molar-refractivity contribution in [2.24, 2.45) is 5.92 Å². The third-order valence-electron chi connectivity index (χ3n) is 3.33. The summed E-state index contributed by atoms with van der Waals surface area (Å²) in [4.78, 5) is 35.1. The minimum Gasteiger partial charge on any atom is -0.317 e. The quantitative estimate of drug-likeness (QED) is 0.696. The Labute approximate surface area is 125 Å². The maximum atomic E-state index is 13.4. The SMILES string of the molecule is O=C(NC(=O)C1CCNCC1)C(=O)Nc1cc(F)ccc1F. The largest absolute Gasteiger partial charge is 0.317 e. The first-order valence-corrected chi connectivity index (χ1v) is 6.79. The number of imide groups is 1. The summed E-state index contributed by atoms with van der Waals surface area (Å²) in [6.07, 6.45) is 1.14. The molecule has 3 amide bonds. The van der Waals surface area contributed by atoms with Gasteiger partial charge in [-0.25, -0.2) is 8.78 Å². The molecule has 0 unspecified atom stereocenters. The zero-order valence-corrected chi connectivity index (χ0v) is 11.6. The molecule has 1 aromatic carbocycles. The fraction of sp³-hybridized carbons (Fsp3) is 0.357. The van der Waals surface area contributed by atoms with Crippen molar-refractivity contribution in [3.05, 3.63) is 29.8 Å². The Hall–Kier alpha value is -2.35. The van der Waals surface area contributed by atoms with Gasteiger partial charge >= 0.3 is 11.8 Å². The highest BCUT2D eigenvalue weighted by Gasteiger charge is 2.25. The molecule has 1 fully saturated rings. The molecule has 22 heavy (non-hydrogen) atoms. The molecule has 1 aliphatic rings. The molecule has 1 aliphatic heterocycles. The Morgan fingerprint density at radius 3 is 2.45 bits per heavy atom. The molecule has 1 saturated heterocycles. The van der Waals surface area contributed by atoms with Crippen molar-refractivity contribution >= 4 is 23.4 Å². The number of hydrogen-bond donors (Lipinski definition) is 3. The Morgan fingerprint density at radius 1 is 1.09 bits per heavy atom. The lowest BCUT2D eigenvalue weighted by molar-refractivity contribution is -0.141. The number of benzene rings is 1. The number of carbonyl (C=O) groups is 3. The summed E-state index contributed by atoms with van der Waals surface area (Å²) < 4.78 is 26.3. The van der Waals surface area contributed by atoms with Crippen LogP contribution in [0.5, 0.6) is 0 Å². The molecule has 1 heterocycles. The first kappa shape index (κ1) is 16.0. The van der Waals surface area contributed by atoms with E-state index in [0.29, 0.717) is 25.9 Å². The molecule has 0 aliphatic carbocycles. The van der Waals surface area contributed by atoms with E-state index in [1.54, 1.807) is 0 Å². The van der Waals surface area contributed by atoms with Crippen molar-refractivity contribution < 1.29 is 23.2 Å². The van der Waals surface area contributed by atoms with Crippen LogP contribution in [0.2, 0.25) is 0 Å². The summed E-state index contributed by atoms with van der Waals surface area (Å²) in [5, 5.41) is 6.97. The average Bonchev–Trinajstić information content (AvgIpc) is 2.51. The van der Waals surface area contributed by atoms with E-state index >= 15 is 0 Å². The van der Waals surface area contributed by atoms with Crippen molar-refractivity contribution in [1.82, 2.24) is 10.6 Å². The van der Waals surface area contributed by atoms with Crippen LogP contribution < -0.4 is 16.0 Å². The number of nitrogens with one attached hydrogen (secondary N) is 3. The van der Waals surface area contributed by atoms with Crippen LogP contribution in [0.15, 0.2) is 18.2 Å². The molecule has 0 radical (unpaired) electrons. The Kier molecular flexibility index (Phi) is 5.16. The van der Waals surface area contributed by atoms with Crippen molar-refractivity contribution in [3.63, 3.8) is 0 Å². The second-order valence-electron chi connectivity index (χ2n) is 4.92. The molecular formula is C14H15F2N3O3. The minimum atomic E-state index is -1.23. The molecule has 8 heteroatoms. The number of hydrogen-bond acceptors (Lipinski definition) is 4. The predicted octanol–water partition coefficient (Wildman–Crippen LogP) is 0.546. The number of halogens is 2. The van der Waals surface area contributed by atoms with Gasteiger partial charge in [-0.05, 0) is 38.1 Å². The molecule has 0 saturated carbocycles. The van der Waals surface area contributed by atoms with Gasteiger partial charge in [0.05, 0.1) is 5.69 Å². The zero-order chi connectivity index (χ0) is 16.1. The lowest BCUT2D eigenvalue weighted by atomic mass is 9.97. The lowest BCUT2D eigenvalue weighted by Gasteiger charge is -2.21. The number of carbonyl (C=O) groups excluding carboxylic acids is 3. The predicted molar refractivity (Wildman–Crippen MR) is 73.7 cm³/mol. The normalized spacial score (nSPS) is 15.2. The topological polar surface area (TPSA) is 87.3 Å². The Balaban J connectivity index is 1.93. The standard InChI is InChI=1S/C14H15F2N3O3/c15-9-1-2-10(16)11(7-9)18-13(21)14(22)19-12(20)8-3-5-17-6-4-8/h1-2,7-8,17H,3-6H2,(H,18,21)(H,19,20,22). The van der Waals surface area contributed by atoms with Gasteiger partial charge in [-0.3, -0.25) is 19.7 Å². The van der Waals surface area contributed by atoms with Crippen molar-refractivity contribution in [2.75, 3.05) is 18.4 Å². The molecule has 0 spiro atoms. The van der Waals surface area contributed by atoms with E-state index in [1.165, 1.54) is 0 Å². The fourth-order valence-corrected chi connectivity index (χ4v) is 2.13. The van der Waals surface area contributed by atoms with E-state index < -0.39 is 35.0 Å². The second kappa shape index (κ2) is 7.08. The van der Waals surface area contributed by atoms with Crippen LogP contribution in [0.3, 0.4) is 0 Å². The summed E-state index contributed by atoms with van der Waals surface area (Å²) in [7, 11) is 0. The van der Waals surface area contributed by atoms with Gasteiger partial charge in [0.1, 0.15) is 11.6 Å². The van der Waals surface area contributed by atoms with Crippen LogP contribution >= 0.6 is 0 Å². The van der Waals surface area contributed by atoms with Crippen molar-refractivity contribution in [3.8, 4) is 0 Å². The minimum absolute atomic E-state index is 0.344. The summed E-state index contributed by atoms with van der Waals surface area (Å²) in [6.45, 7) is 1.32. The second-order valence-corrected chi connectivity index (χ2v) is 4.92. The summed E-state index contributed by atoms with van der Waals surface area (Å²) in [5.41, 5.74) is -0.463. The fourth-order valence-electron chi connectivity index (χ4n) is 2.13. The lowest BCUT2D eigenvalue weighted by Crippen LogP contribution is -2.44. The highest BCUT2D eigenvalue weighted by molar-refractivity contribution is 6.42.